The number of carbonyl (C=O) groups is 1. The van der Waals surface area contributed by atoms with Gasteiger partial charge in [-0.05, 0) is 12.1 Å². The van der Waals surface area contributed by atoms with Crippen LogP contribution in [0.4, 0.5) is 0 Å². The molecule has 1 heterocycles. The van der Waals surface area contributed by atoms with Crippen molar-refractivity contribution in [1.29, 1.82) is 0 Å². The normalized spacial score (nSPS) is 12.9. The summed E-state index contributed by atoms with van der Waals surface area (Å²) in [7, 11) is 0. The van der Waals surface area contributed by atoms with Gasteiger partial charge in [-0.15, -0.1) is 0 Å². The smallest absolute Gasteiger partial charge is 0.194 e. The van der Waals surface area contributed by atoms with Gasteiger partial charge in [0.25, 0.3) is 0 Å². The van der Waals surface area contributed by atoms with Gasteiger partial charge < -0.3 is 14.6 Å². The molecule has 0 aromatic carbocycles. The molecule has 60 valence electrons. The Morgan fingerprint density at radius 3 is 2.91 bits per heavy atom. The second kappa shape index (κ2) is 3.32. The lowest BCUT2D eigenvalue weighted by Crippen LogP contribution is -2.14. The standard InChI is InChI=1S/C7H8O4/c8-4-5(9)7(10)6-2-1-3-11-6/h1-3,7-8,10H,4H2. The second-order valence-electron chi connectivity index (χ2n) is 2.04. The third-order valence-electron chi connectivity index (χ3n) is 1.27. The van der Waals surface area contributed by atoms with Crippen LogP contribution in [0.25, 0.3) is 0 Å². The molecule has 0 saturated heterocycles. The molecule has 0 aliphatic rings. The molecule has 0 radical (unpaired) electrons. The first-order chi connectivity index (χ1) is 5.25. The minimum absolute atomic E-state index is 0.157. The van der Waals surface area contributed by atoms with Gasteiger partial charge in [-0.25, -0.2) is 0 Å². The Labute approximate surface area is 63.1 Å². The molecule has 0 saturated carbocycles. The highest BCUT2D eigenvalue weighted by atomic mass is 16.4. The molecule has 1 rings (SSSR count). The van der Waals surface area contributed by atoms with Crippen LogP contribution >= 0.6 is 0 Å². The minimum atomic E-state index is -1.34. The van der Waals surface area contributed by atoms with E-state index in [0.717, 1.165) is 0 Å². The van der Waals surface area contributed by atoms with E-state index in [-0.39, 0.29) is 5.76 Å². The molecule has 4 nitrogen and oxygen atoms in total. The summed E-state index contributed by atoms with van der Waals surface area (Å²) in [6.07, 6.45) is 0.0124. The zero-order valence-electron chi connectivity index (χ0n) is 5.73. The van der Waals surface area contributed by atoms with Crippen LogP contribution in [0.15, 0.2) is 22.8 Å². The molecule has 4 heteroatoms. The third-order valence-corrected chi connectivity index (χ3v) is 1.27. The first kappa shape index (κ1) is 7.97. The highest BCUT2D eigenvalue weighted by Gasteiger charge is 2.18. The first-order valence-electron chi connectivity index (χ1n) is 3.10. The number of hydrogen-bond donors (Lipinski definition) is 2. The van der Waals surface area contributed by atoms with Crippen molar-refractivity contribution in [2.75, 3.05) is 6.61 Å². The van der Waals surface area contributed by atoms with Crippen molar-refractivity contribution >= 4 is 5.78 Å². The van der Waals surface area contributed by atoms with Crippen molar-refractivity contribution in [2.24, 2.45) is 0 Å². The van der Waals surface area contributed by atoms with Gasteiger partial charge in [-0.3, -0.25) is 4.79 Å². The summed E-state index contributed by atoms with van der Waals surface area (Å²) in [5, 5.41) is 17.4. The van der Waals surface area contributed by atoms with Gasteiger partial charge >= 0.3 is 0 Å². The Morgan fingerprint density at radius 2 is 2.45 bits per heavy atom. The maximum atomic E-state index is 10.7. The van der Waals surface area contributed by atoms with Crippen LogP contribution in [0.1, 0.15) is 11.9 Å². The van der Waals surface area contributed by atoms with Crippen LogP contribution in [0.2, 0.25) is 0 Å². The molecule has 1 aromatic rings. The molecule has 0 spiro atoms. The van der Waals surface area contributed by atoms with Crippen molar-refractivity contribution in [3.63, 3.8) is 0 Å². The average molecular weight is 156 g/mol. The van der Waals surface area contributed by atoms with E-state index in [9.17, 15) is 4.79 Å². The summed E-state index contributed by atoms with van der Waals surface area (Å²) < 4.78 is 4.74. The molecular formula is C7H8O4. The average Bonchev–Trinajstić information content (AvgIpc) is 2.53. The summed E-state index contributed by atoms with van der Waals surface area (Å²) in [6, 6.07) is 3.03. The van der Waals surface area contributed by atoms with Crippen LogP contribution in [0.3, 0.4) is 0 Å². The van der Waals surface area contributed by atoms with E-state index in [4.69, 9.17) is 14.6 Å². The number of Topliss-reactive ketones (excluding diaryl/α,β-unsaturated/α-hetero) is 1. The first-order valence-corrected chi connectivity index (χ1v) is 3.10. The molecular weight excluding hydrogens is 148 g/mol. The third kappa shape index (κ3) is 1.66. The van der Waals surface area contributed by atoms with Gasteiger partial charge in [0.15, 0.2) is 11.9 Å². The number of aliphatic hydroxyl groups excluding tert-OH is 2. The van der Waals surface area contributed by atoms with Crippen LogP contribution < -0.4 is 0 Å². The molecule has 0 amide bonds. The molecule has 1 aromatic heterocycles. The van der Waals surface area contributed by atoms with Crippen LogP contribution in [-0.2, 0) is 4.79 Å². The van der Waals surface area contributed by atoms with Crippen molar-refractivity contribution in [3.05, 3.63) is 24.2 Å². The molecule has 1 atom stereocenters. The van der Waals surface area contributed by atoms with E-state index >= 15 is 0 Å². The predicted molar refractivity (Wildman–Crippen MR) is 35.8 cm³/mol. The molecule has 1 unspecified atom stereocenters. The number of aliphatic hydroxyl groups is 2. The maximum absolute atomic E-state index is 10.7. The topological polar surface area (TPSA) is 70.7 Å². The molecule has 0 aliphatic carbocycles. The Morgan fingerprint density at radius 1 is 1.73 bits per heavy atom. The lowest BCUT2D eigenvalue weighted by atomic mass is 10.2. The fourth-order valence-electron chi connectivity index (χ4n) is 0.692. The highest BCUT2D eigenvalue weighted by Crippen LogP contribution is 2.13. The van der Waals surface area contributed by atoms with Gasteiger partial charge in [0.1, 0.15) is 12.4 Å². The highest BCUT2D eigenvalue weighted by molar-refractivity contribution is 5.84. The quantitative estimate of drug-likeness (QED) is 0.639. The molecule has 0 aliphatic heterocycles. The van der Waals surface area contributed by atoms with Crippen molar-refractivity contribution < 1.29 is 19.4 Å². The summed E-state index contributed by atoms with van der Waals surface area (Å²) in [6.45, 7) is -0.679. The van der Waals surface area contributed by atoms with Crippen LogP contribution in [0, 0.1) is 0 Å². The summed E-state index contributed by atoms with van der Waals surface area (Å²) in [4.78, 5) is 10.7. The number of hydrogen-bond acceptors (Lipinski definition) is 4. The van der Waals surface area contributed by atoms with Gasteiger partial charge in [0, 0.05) is 0 Å². The molecule has 2 N–H and O–H groups in total. The largest absolute Gasteiger partial charge is 0.466 e. The van der Waals surface area contributed by atoms with Crippen molar-refractivity contribution in [3.8, 4) is 0 Å². The fraction of sp³-hybridized carbons (Fsp3) is 0.286. The monoisotopic (exact) mass is 156 g/mol. The Hall–Kier alpha value is -1.13. The number of carbonyl (C=O) groups excluding carboxylic acids is 1. The van der Waals surface area contributed by atoms with E-state index in [1.54, 1.807) is 6.07 Å². The summed E-state index contributed by atoms with van der Waals surface area (Å²) >= 11 is 0. The van der Waals surface area contributed by atoms with Crippen LogP contribution in [-0.4, -0.2) is 22.6 Å². The lowest BCUT2D eigenvalue weighted by Gasteiger charge is -2.02. The fourth-order valence-corrected chi connectivity index (χ4v) is 0.692. The van der Waals surface area contributed by atoms with Crippen molar-refractivity contribution in [1.82, 2.24) is 0 Å². The predicted octanol–water partition coefficient (Wildman–Crippen LogP) is -0.126. The SMILES string of the molecule is O=C(CO)C(O)c1ccco1. The van der Waals surface area contributed by atoms with E-state index in [0.29, 0.717) is 0 Å². The zero-order valence-corrected chi connectivity index (χ0v) is 5.73. The molecule has 11 heavy (non-hydrogen) atoms. The number of furan rings is 1. The van der Waals surface area contributed by atoms with Gasteiger partial charge in [0.2, 0.25) is 0 Å². The minimum Gasteiger partial charge on any atom is -0.466 e. The van der Waals surface area contributed by atoms with E-state index < -0.39 is 18.5 Å². The second-order valence-corrected chi connectivity index (χ2v) is 2.04. The number of ketones is 1. The molecule has 0 bridgehead atoms. The van der Waals surface area contributed by atoms with Gasteiger partial charge in [-0.2, -0.15) is 0 Å². The molecule has 0 fully saturated rings. The van der Waals surface area contributed by atoms with Gasteiger partial charge in [0.05, 0.1) is 6.26 Å². The maximum Gasteiger partial charge on any atom is 0.194 e. The number of rotatable bonds is 3. The van der Waals surface area contributed by atoms with Gasteiger partial charge in [-0.1, -0.05) is 0 Å². The van der Waals surface area contributed by atoms with E-state index in [1.807, 2.05) is 0 Å². The van der Waals surface area contributed by atoms with E-state index in [2.05, 4.69) is 0 Å². The Kier molecular flexibility index (Phi) is 2.40. The lowest BCUT2D eigenvalue weighted by molar-refractivity contribution is -0.131. The van der Waals surface area contributed by atoms with E-state index in [1.165, 1.54) is 12.3 Å². The Balaban J connectivity index is 2.70. The van der Waals surface area contributed by atoms with Crippen molar-refractivity contribution in [2.45, 2.75) is 6.10 Å². The summed E-state index contributed by atoms with van der Waals surface area (Å²) in [5.74, 6) is -0.510. The van der Waals surface area contributed by atoms with Crippen LogP contribution in [0.5, 0.6) is 0 Å². The summed E-state index contributed by atoms with van der Waals surface area (Å²) in [5.41, 5.74) is 0. The zero-order chi connectivity index (χ0) is 8.27. The Bertz CT molecular complexity index is 227.